The number of aliphatic hydroxyl groups excluding tert-OH is 2. The first kappa shape index (κ1) is 18.4. The average Bonchev–Trinajstić information content (AvgIpc) is 2.57. The summed E-state index contributed by atoms with van der Waals surface area (Å²) in [5, 5.41) is 20.0. The van der Waals surface area contributed by atoms with Gasteiger partial charge in [-0.15, -0.1) is 0 Å². The lowest BCUT2D eigenvalue weighted by Gasteiger charge is -2.22. The predicted molar refractivity (Wildman–Crippen MR) is 90.1 cm³/mol. The standard InChI is InChI=1S/C19H24O5/c1-14(20)18(23-13-15-6-3-2-4-7-15)12-16(21)10-11-17-8-5-9-19(22)24-17/h2-7,9-11,14,16-18,20-21H,8,12-13H2,1H3/b11-10-/t14-,16+,17+,18+/m0/s1. The highest BCUT2D eigenvalue weighted by molar-refractivity contribution is 5.82. The van der Waals surface area contributed by atoms with Gasteiger partial charge in [0.25, 0.3) is 0 Å². The first-order chi connectivity index (χ1) is 11.5. The molecule has 5 nitrogen and oxygen atoms in total. The van der Waals surface area contributed by atoms with Gasteiger partial charge in [-0.3, -0.25) is 0 Å². The predicted octanol–water partition coefficient (Wildman–Crippen LogP) is 2.13. The second-order valence-electron chi connectivity index (χ2n) is 5.88. The Morgan fingerprint density at radius 2 is 2.08 bits per heavy atom. The Balaban J connectivity index is 1.83. The maximum atomic E-state index is 11.1. The van der Waals surface area contributed by atoms with Crippen LogP contribution in [0.3, 0.4) is 0 Å². The molecule has 0 fully saturated rings. The number of carbonyl (C=O) groups is 1. The van der Waals surface area contributed by atoms with Crippen molar-refractivity contribution in [3.8, 4) is 0 Å². The maximum absolute atomic E-state index is 11.1. The zero-order valence-corrected chi connectivity index (χ0v) is 13.7. The van der Waals surface area contributed by atoms with Gasteiger partial charge in [-0.2, -0.15) is 0 Å². The summed E-state index contributed by atoms with van der Waals surface area (Å²) in [6.45, 7) is 2.01. The molecule has 1 aromatic carbocycles. The van der Waals surface area contributed by atoms with E-state index in [0.717, 1.165) is 5.56 Å². The van der Waals surface area contributed by atoms with Crippen molar-refractivity contribution >= 4 is 5.97 Å². The first-order valence-electron chi connectivity index (χ1n) is 8.11. The van der Waals surface area contributed by atoms with Crippen LogP contribution in [0.5, 0.6) is 0 Å². The summed E-state index contributed by atoms with van der Waals surface area (Å²) in [7, 11) is 0. The Hall–Kier alpha value is -1.95. The van der Waals surface area contributed by atoms with E-state index in [1.165, 1.54) is 6.08 Å². The number of carbonyl (C=O) groups excluding carboxylic acids is 1. The zero-order chi connectivity index (χ0) is 17.4. The number of aliphatic hydroxyl groups is 2. The van der Waals surface area contributed by atoms with Crippen LogP contribution < -0.4 is 0 Å². The summed E-state index contributed by atoms with van der Waals surface area (Å²) >= 11 is 0. The van der Waals surface area contributed by atoms with Crippen molar-refractivity contribution in [2.75, 3.05) is 0 Å². The third-order valence-corrected chi connectivity index (χ3v) is 3.76. The topological polar surface area (TPSA) is 76.0 Å². The van der Waals surface area contributed by atoms with Gasteiger partial charge in [0, 0.05) is 18.9 Å². The average molecular weight is 332 g/mol. The normalized spacial score (nSPS) is 21.5. The van der Waals surface area contributed by atoms with Crippen molar-refractivity contribution in [3.63, 3.8) is 0 Å². The molecule has 24 heavy (non-hydrogen) atoms. The number of esters is 1. The fraction of sp³-hybridized carbons (Fsp3) is 0.421. The minimum atomic E-state index is -0.787. The molecule has 130 valence electrons. The van der Waals surface area contributed by atoms with Crippen LogP contribution in [-0.2, 0) is 20.9 Å². The molecule has 0 bridgehead atoms. The van der Waals surface area contributed by atoms with Crippen molar-refractivity contribution in [1.29, 1.82) is 0 Å². The Kier molecular flexibility index (Phi) is 7.18. The van der Waals surface area contributed by atoms with Crippen LogP contribution in [0.25, 0.3) is 0 Å². The summed E-state index contributed by atoms with van der Waals surface area (Å²) in [6.07, 6.45) is 4.91. The molecule has 2 rings (SSSR count). The number of rotatable bonds is 8. The fourth-order valence-corrected chi connectivity index (χ4v) is 2.40. The molecule has 0 aliphatic carbocycles. The van der Waals surface area contributed by atoms with Gasteiger partial charge in [0.1, 0.15) is 6.10 Å². The van der Waals surface area contributed by atoms with Gasteiger partial charge in [-0.1, -0.05) is 42.5 Å². The van der Waals surface area contributed by atoms with E-state index in [1.54, 1.807) is 25.2 Å². The van der Waals surface area contributed by atoms with E-state index in [1.807, 2.05) is 30.3 Å². The number of ether oxygens (including phenoxy) is 2. The van der Waals surface area contributed by atoms with Crippen molar-refractivity contribution in [2.45, 2.75) is 50.8 Å². The van der Waals surface area contributed by atoms with Gasteiger partial charge >= 0.3 is 5.97 Å². The van der Waals surface area contributed by atoms with Gasteiger partial charge in [0.05, 0.1) is 24.9 Å². The number of hydrogen-bond donors (Lipinski definition) is 2. The molecule has 1 aliphatic rings. The Bertz CT molecular complexity index is 564. The van der Waals surface area contributed by atoms with Crippen LogP contribution in [0.1, 0.15) is 25.3 Å². The highest BCUT2D eigenvalue weighted by Crippen LogP contribution is 2.14. The van der Waals surface area contributed by atoms with E-state index in [9.17, 15) is 15.0 Å². The Labute approximate surface area is 142 Å². The van der Waals surface area contributed by atoms with Gasteiger partial charge in [0.15, 0.2) is 0 Å². The molecule has 0 spiro atoms. The quantitative estimate of drug-likeness (QED) is 0.563. The molecule has 0 saturated heterocycles. The molecule has 1 aromatic rings. The summed E-state index contributed by atoms with van der Waals surface area (Å²) in [4.78, 5) is 11.1. The van der Waals surface area contributed by atoms with Crippen molar-refractivity contribution < 1.29 is 24.5 Å². The fourth-order valence-electron chi connectivity index (χ4n) is 2.40. The van der Waals surface area contributed by atoms with Gasteiger partial charge in [0.2, 0.25) is 0 Å². The molecule has 0 unspecified atom stereocenters. The maximum Gasteiger partial charge on any atom is 0.331 e. The van der Waals surface area contributed by atoms with Crippen LogP contribution in [0, 0.1) is 0 Å². The highest BCUT2D eigenvalue weighted by atomic mass is 16.5. The number of benzene rings is 1. The van der Waals surface area contributed by atoms with Crippen LogP contribution in [0.2, 0.25) is 0 Å². The van der Waals surface area contributed by atoms with E-state index >= 15 is 0 Å². The number of cyclic esters (lactones) is 1. The van der Waals surface area contributed by atoms with E-state index in [4.69, 9.17) is 9.47 Å². The first-order valence-corrected chi connectivity index (χ1v) is 8.11. The lowest BCUT2D eigenvalue weighted by molar-refractivity contribution is -0.141. The van der Waals surface area contributed by atoms with Crippen LogP contribution in [0.15, 0.2) is 54.6 Å². The zero-order valence-electron chi connectivity index (χ0n) is 13.7. The van der Waals surface area contributed by atoms with Crippen LogP contribution in [0.4, 0.5) is 0 Å². The minimum absolute atomic E-state index is 0.261. The van der Waals surface area contributed by atoms with E-state index < -0.39 is 18.3 Å². The van der Waals surface area contributed by atoms with Crippen LogP contribution in [-0.4, -0.2) is 40.6 Å². The second kappa shape index (κ2) is 9.37. The second-order valence-corrected chi connectivity index (χ2v) is 5.88. The molecule has 1 aliphatic heterocycles. The van der Waals surface area contributed by atoms with Crippen molar-refractivity contribution in [1.82, 2.24) is 0 Å². The summed E-state index contributed by atoms with van der Waals surface area (Å²) in [6, 6.07) is 9.67. The molecule has 0 radical (unpaired) electrons. The van der Waals surface area contributed by atoms with Crippen LogP contribution >= 0.6 is 0 Å². The van der Waals surface area contributed by atoms with E-state index in [2.05, 4.69) is 0 Å². The monoisotopic (exact) mass is 332 g/mol. The smallest absolute Gasteiger partial charge is 0.331 e. The molecular weight excluding hydrogens is 308 g/mol. The SMILES string of the molecule is C[C@H](O)[C@@H](C[C@H](O)/C=C\[C@H]1CC=CC(=O)O1)OCc1ccccc1. The van der Waals surface area contributed by atoms with E-state index in [-0.39, 0.29) is 18.5 Å². The summed E-state index contributed by atoms with van der Waals surface area (Å²) in [5.74, 6) is -0.376. The lowest BCUT2D eigenvalue weighted by Crippen LogP contribution is -2.30. The molecule has 2 N–H and O–H groups in total. The molecule has 1 heterocycles. The molecule has 0 amide bonds. The molecule has 4 atom stereocenters. The summed E-state index contributed by atoms with van der Waals surface area (Å²) in [5.41, 5.74) is 1.01. The summed E-state index contributed by atoms with van der Waals surface area (Å²) < 4.78 is 10.8. The van der Waals surface area contributed by atoms with Crippen molar-refractivity contribution in [2.24, 2.45) is 0 Å². The van der Waals surface area contributed by atoms with Gasteiger partial charge < -0.3 is 19.7 Å². The van der Waals surface area contributed by atoms with Gasteiger partial charge in [-0.05, 0) is 18.6 Å². The van der Waals surface area contributed by atoms with E-state index in [0.29, 0.717) is 13.0 Å². The third kappa shape index (κ3) is 6.28. The van der Waals surface area contributed by atoms with Crippen molar-refractivity contribution in [3.05, 3.63) is 60.2 Å². The molecular formula is C19H24O5. The Morgan fingerprint density at radius 1 is 1.33 bits per heavy atom. The molecule has 5 heteroatoms. The molecule has 0 saturated carbocycles. The van der Waals surface area contributed by atoms with Gasteiger partial charge in [-0.25, -0.2) is 4.79 Å². The largest absolute Gasteiger partial charge is 0.455 e. The number of hydrogen-bond acceptors (Lipinski definition) is 5. The Morgan fingerprint density at radius 3 is 2.75 bits per heavy atom. The lowest BCUT2D eigenvalue weighted by atomic mass is 10.1. The highest BCUT2D eigenvalue weighted by Gasteiger charge is 2.20. The minimum Gasteiger partial charge on any atom is -0.455 e. The molecule has 0 aromatic heterocycles. The third-order valence-electron chi connectivity index (χ3n) is 3.76.